The van der Waals surface area contributed by atoms with Crippen LogP contribution in [0.5, 0.6) is 0 Å². The zero-order chi connectivity index (χ0) is 18.6. The third kappa shape index (κ3) is 3.79. The van der Waals surface area contributed by atoms with Gasteiger partial charge in [-0.25, -0.2) is 0 Å². The van der Waals surface area contributed by atoms with Crippen molar-refractivity contribution in [3.05, 3.63) is 52.8 Å². The average Bonchev–Trinajstić information content (AvgIpc) is 3.20. The normalized spacial score (nSPS) is 14.8. The summed E-state index contributed by atoms with van der Waals surface area (Å²) in [4.78, 5) is 19.5. The summed E-state index contributed by atoms with van der Waals surface area (Å²) in [7, 11) is 0. The third-order valence-corrected chi connectivity index (χ3v) is 4.75. The van der Waals surface area contributed by atoms with Crippen molar-refractivity contribution in [2.24, 2.45) is 0 Å². The molecule has 2 aromatic heterocycles. The fourth-order valence-electron chi connectivity index (χ4n) is 3.36. The number of benzene rings is 1. The fourth-order valence-corrected chi connectivity index (χ4v) is 3.36. The number of nitro groups is 1. The van der Waals surface area contributed by atoms with Gasteiger partial charge < -0.3 is 9.84 Å². The minimum atomic E-state index is -0.382. The summed E-state index contributed by atoms with van der Waals surface area (Å²) in [5.74, 6) is 0.631. The zero-order valence-electron chi connectivity index (χ0n) is 14.7. The molecule has 2 heterocycles. The number of pyridine rings is 1. The number of hydrogen-bond donors (Lipinski definition) is 1. The highest BCUT2D eigenvalue weighted by atomic mass is 16.6. The predicted octanol–water partition coefficient (Wildman–Crippen LogP) is 4.45. The highest BCUT2D eigenvalue weighted by Crippen LogP contribution is 2.33. The van der Waals surface area contributed by atoms with E-state index in [1.807, 2.05) is 6.07 Å². The Balaban J connectivity index is 1.61. The van der Waals surface area contributed by atoms with Gasteiger partial charge in [-0.05, 0) is 37.1 Å². The van der Waals surface area contributed by atoms with Gasteiger partial charge in [0.05, 0.1) is 4.92 Å². The van der Waals surface area contributed by atoms with E-state index >= 15 is 0 Å². The number of aromatic nitrogens is 3. The molecule has 4 rings (SSSR count). The Bertz CT molecular complexity index is 936. The second-order valence-electron chi connectivity index (χ2n) is 6.63. The minimum absolute atomic E-state index is 0.0131. The molecule has 1 aliphatic rings. The van der Waals surface area contributed by atoms with E-state index in [-0.39, 0.29) is 22.5 Å². The standard InChI is InChI=1S/C19H19N5O3/c25-24(26)17-11-13(8-9-16(17)21-15-6-2-1-3-7-15)19-22-18(23-27-19)14-5-4-10-20-12-14/h4-5,8-12,15,21H,1-3,6-7H2. The van der Waals surface area contributed by atoms with E-state index < -0.39 is 0 Å². The number of nitrogens with zero attached hydrogens (tertiary/aromatic N) is 4. The summed E-state index contributed by atoms with van der Waals surface area (Å²) < 4.78 is 5.30. The molecule has 1 saturated carbocycles. The van der Waals surface area contributed by atoms with Crippen molar-refractivity contribution in [2.45, 2.75) is 38.1 Å². The number of anilines is 1. The van der Waals surface area contributed by atoms with Gasteiger partial charge >= 0.3 is 0 Å². The first kappa shape index (κ1) is 17.1. The van der Waals surface area contributed by atoms with E-state index in [2.05, 4.69) is 20.4 Å². The fraction of sp³-hybridized carbons (Fsp3) is 0.316. The quantitative estimate of drug-likeness (QED) is 0.525. The highest BCUT2D eigenvalue weighted by Gasteiger charge is 2.21. The molecule has 3 aromatic rings. The molecule has 0 unspecified atom stereocenters. The van der Waals surface area contributed by atoms with Crippen LogP contribution in [0, 0.1) is 10.1 Å². The number of rotatable bonds is 5. The smallest absolute Gasteiger partial charge is 0.293 e. The Hall–Kier alpha value is -3.29. The molecule has 8 nitrogen and oxygen atoms in total. The number of nitrogens with one attached hydrogen (secondary N) is 1. The monoisotopic (exact) mass is 365 g/mol. The van der Waals surface area contributed by atoms with Crippen molar-refractivity contribution >= 4 is 11.4 Å². The minimum Gasteiger partial charge on any atom is -0.377 e. The van der Waals surface area contributed by atoms with Gasteiger partial charge in [0.15, 0.2) is 0 Å². The molecule has 1 aliphatic carbocycles. The Morgan fingerprint density at radius 2 is 2.00 bits per heavy atom. The molecule has 8 heteroatoms. The Kier molecular flexibility index (Phi) is 4.78. The lowest BCUT2D eigenvalue weighted by Crippen LogP contribution is -2.22. The summed E-state index contributed by atoms with van der Waals surface area (Å²) in [6.07, 6.45) is 8.91. The molecule has 1 N–H and O–H groups in total. The van der Waals surface area contributed by atoms with Gasteiger partial charge in [0.25, 0.3) is 11.6 Å². The van der Waals surface area contributed by atoms with Crippen LogP contribution in [0.2, 0.25) is 0 Å². The molecule has 0 radical (unpaired) electrons. The lowest BCUT2D eigenvalue weighted by molar-refractivity contribution is -0.383. The molecule has 0 saturated heterocycles. The Labute approximate surface area is 155 Å². The number of nitro benzene ring substituents is 1. The first-order valence-electron chi connectivity index (χ1n) is 9.00. The topological polar surface area (TPSA) is 107 Å². The largest absolute Gasteiger partial charge is 0.377 e. The second-order valence-corrected chi connectivity index (χ2v) is 6.63. The molecule has 0 amide bonds. The summed E-state index contributed by atoms with van der Waals surface area (Å²) in [5.41, 5.74) is 1.78. The van der Waals surface area contributed by atoms with Crippen LogP contribution in [-0.4, -0.2) is 26.1 Å². The first-order valence-corrected chi connectivity index (χ1v) is 9.00. The van der Waals surface area contributed by atoms with E-state index in [4.69, 9.17) is 4.52 Å². The maximum atomic E-state index is 11.6. The van der Waals surface area contributed by atoms with E-state index in [0.717, 1.165) is 31.2 Å². The second kappa shape index (κ2) is 7.53. The Morgan fingerprint density at radius 3 is 2.74 bits per heavy atom. The van der Waals surface area contributed by atoms with E-state index in [0.29, 0.717) is 17.1 Å². The SMILES string of the molecule is O=[N+]([O-])c1cc(-c2nc(-c3cccnc3)no2)ccc1NC1CCCCC1. The lowest BCUT2D eigenvalue weighted by Gasteiger charge is -2.23. The van der Waals surface area contributed by atoms with Crippen LogP contribution in [-0.2, 0) is 0 Å². The van der Waals surface area contributed by atoms with Crippen molar-refractivity contribution in [2.75, 3.05) is 5.32 Å². The van der Waals surface area contributed by atoms with Crippen molar-refractivity contribution in [3.8, 4) is 22.8 Å². The molecule has 0 bridgehead atoms. The van der Waals surface area contributed by atoms with Gasteiger partial charge in [0.2, 0.25) is 5.82 Å². The molecule has 138 valence electrons. The van der Waals surface area contributed by atoms with Gasteiger partial charge in [-0.1, -0.05) is 24.4 Å². The van der Waals surface area contributed by atoms with Gasteiger partial charge in [-0.3, -0.25) is 15.1 Å². The maximum absolute atomic E-state index is 11.6. The molecule has 1 fully saturated rings. The molecule has 0 aliphatic heterocycles. The zero-order valence-corrected chi connectivity index (χ0v) is 14.7. The van der Waals surface area contributed by atoms with Gasteiger partial charge in [0.1, 0.15) is 5.69 Å². The Morgan fingerprint density at radius 1 is 1.15 bits per heavy atom. The number of hydrogen-bond acceptors (Lipinski definition) is 7. The maximum Gasteiger partial charge on any atom is 0.293 e. The van der Waals surface area contributed by atoms with Crippen molar-refractivity contribution < 1.29 is 9.45 Å². The molecule has 0 atom stereocenters. The molecule has 1 aromatic carbocycles. The van der Waals surface area contributed by atoms with Crippen LogP contribution in [0.4, 0.5) is 11.4 Å². The average molecular weight is 365 g/mol. The molecule has 27 heavy (non-hydrogen) atoms. The molecular weight excluding hydrogens is 346 g/mol. The van der Waals surface area contributed by atoms with Crippen molar-refractivity contribution in [1.29, 1.82) is 0 Å². The summed E-state index contributed by atoms with van der Waals surface area (Å²) in [6.45, 7) is 0. The van der Waals surface area contributed by atoms with Gasteiger partial charge in [-0.15, -0.1) is 0 Å². The van der Waals surface area contributed by atoms with Crippen LogP contribution >= 0.6 is 0 Å². The highest BCUT2D eigenvalue weighted by molar-refractivity contribution is 5.70. The van der Waals surface area contributed by atoms with E-state index in [1.165, 1.54) is 12.5 Å². The summed E-state index contributed by atoms with van der Waals surface area (Å²) in [5, 5.41) is 18.8. The van der Waals surface area contributed by atoms with Crippen molar-refractivity contribution in [3.63, 3.8) is 0 Å². The van der Waals surface area contributed by atoms with Crippen LogP contribution in [0.1, 0.15) is 32.1 Å². The van der Waals surface area contributed by atoms with Crippen molar-refractivity contribution in [1.82, 2.24) is 15.1 Å². The van der Waals surface area contributed by atoms with Crippen LogP contribution in [0.15, 0.2) is 47.2 Å². The molecular formula is C19H19N5O3. The summed E-state index contributed by atoms with van der Waals surface area (Å²) >= 11 is 0. The van der Waals surface area contributed by atoms with Crippen LogP contribution in [0.25, 0.3) is 22.8 Å². The van der Waals surface area contributed by atoms with Crippen LogP contribution in [0.3, 0.4) is 0 Å². The van der Waals surface area contributed by atoms with E-state index in [9.17, 15) is 10.1 Å². The van der Waals surface area contributed by atoms with Crippen LogP contribution < -0.4 is 5.32 Å². The predicted molar refractivity (Wildman–Crippen MR) is 100 cm³/mol. The van der Waals surface area contributed by atoms with E-state index in [1.54, 1.807) is 30.6 Å². The first-order chi connectivity index (χ1) is 13.2. The third-order valence-electron chi connectivity index (χ3n) is 4.75. The van der Waals surface area contributed by atoms with Gasteiger partial charge in [0, 0.05) is 35.6 Å². The molecule has 0 spiro atoms. The lowest BCUT2D eigenvalue weighted by atomic mass is 9.95. The van der Waals surface area contributed by atoms with Gasteiger partial charge in [-0.2, -0.15) is 4.98 Å². The summed E-state index contributed by atoms with van der Waals surface area (Å²) in [6, 6.07) is 8.84.